The summed E-state index contributed by atoms with van der Waals surface area (Å²) in [5.74, 6) is -2.57. The molecule has 254 valence electrons. The van der Waals surface area contributed by atoms with Crippen molar-refractivity contribution in [2.24, 2.45) is 5.92 Å². The summed E-state index contributed by atoms with van der Waals surface area (Å²) < 4.78 is 110. The lowest BCUT2D eigenvalue weighted by atomic mass is 9.78. The maximum Gasteiger partial charge on any atom is 0.534 e. The summed E-state index contributed by atoms with van der Waals surface area (Å²) >= 11 is 0. The van der Waals surface area contributed by atoms with E-state index in [9.17, 15) is 44.0 Å². The molecule has 47 heavy (non-hydrogen) atoms. The monoisotopic (exact) mass is 700 g/mol. The number of nitrogens with one attached hydrogen (secondary N) is 1. The van der Waals surface area contributed by atoms with Crippen LogP contribution in [-0.4, -0.2) is 47.0 Å². The highest BCUT2D eigenvalue weighted by Crippen LogP contribution is 2.47. The Kier molecular flexibility index (Phi) is 11.0. The Morgan fingerprint density at radius 3 is 2.13 bits per heavy atom. The fourth-order valence-corrected chi connectivity index (χ4v) is 6.24. The van der Waals surface area contributed by atoms with Crippen molar-refractivity contribution in [1.82, 2.24) is 4.72 Å². The van der Waals surface area contributed by atoms with Crippen molar-refractivity contribution in [1.29, 1.82) is 0 Å². The number of rotatable bonds is 14. The van der Waals surface area contributed by atoms with E-state index in [-0.39, 0.29) is 25.3 Å². The zero-order valence-electron chi connectivity index (χ0n) is 25.2. The number of sulfonamides is 1. The van der Waals surface area contributed by atoms with Gasteiger partial charge in [-0.05, 0) is 78.8 Å². The number of esters is 1. The summed E-state index contributed by atoms with van der Waals surface area (Å²) in [5.41, 5.74) is -3.21. The fraction of sp³-hybridized carbons (Fsp3) is 0.355. The van der Waals surface area contributed by atoms with Crippen molar-refractivity contribution in [3.05, 3.63) is 95.3 Å². The van der Waals surface area contributed by atoms with E-state index in [4.69, 9.17) is 4.74 Å². The van der Waals surface area contributed by atoms with Gasteiger partial charge in [-0.2, -0.15) is 21.6 Å². The third-order valence-electron chi connectivity index (χ3n) is 7.44. The van der Waals surface area contributed by atoms with Crippen LogP contribution in [0.25, 0.3) is 0 Å². The first-order chi connectivity index (χ1) is 21.9. The van der Waals surface area contributed by atoms with Gasteiger partial charge in [-0.1, -0.05) is 36.4 Å². The van der Waals surface area contributed by atoms with E-state index in [1.54, 1.807) is 24.3 Å². The van der Waals surface area contributed by atoms with E-state index in [0.717, 1.165) is 24.0 Å². The number of carbonyl (C=O) groups is 2. The molecule has 1 N–H and O–H groups in total. The third kappa shape index (κ3) is 9.29. The Morgan fingerprint density at radius 1 is 0.957 bits per heavy atom. The molecule has 0 saturated carbocycles. The first-order valence-corrected chi connectivity index (χ1v) is 17.7. The Morgan fingerprint density at radius 2 is 1.57 bits per heavy atom. The lowest BCUT2D eigenvalue weighted by Crippen LogP contribution is -2.55. The smallest absolute Gasteiger partial charge is 0.458 e. The molecule has 4 rings (SSSR count). The molecule has 1 amide bonds. The summed E-state index contributed by atoms with van der Waals surface area (Å²) in [5, 5.41) is 0. The molecule has 0 bridgehead atoms. The van der Waals surface area contributed by atoms with Crippen LogP contribution in [0.5, 0.6) is 5.75 Å². The largest absolute Gasteiger partial charge is 0.534 e. The van der Waals surface area contributed by atoms with Crippen molar-refractivity contribution in [3.8, 4) is 5.75 Å². The molecule has 0 aromatic heterocycles. The van der Waals surface area contributed by atoms with E-state index in [1.165, 1.54) is 48.2 Å². The highest BCUT2D eigenvalue weighted by molar-refractivity contribution is 7.88. The van der Waals surface area contributed by atoms with Gasteiger partial charge in [-0.25, -0.2) is 17.5 Å². The van der Waals surface area contributed by atoms with Crippen LogP contribution in [0.1, 0.15) is 55.0 Å². The van der Waals surface area contributed by atoms with Gasteiger partial charge in [-0.15, -0.1) is 0 Å². The molecule has 3 aromatic carbocycles. The number of amides is 1. The van der Waals surface area contributed by atoms with Gasteiger partial charge < -0.3 is 13.8 Å². The number of anilines is 1. The van der Waals surface area contributed by atoms with Crippen molar-refractivity contribution in [2.75, 3.05) is 17.7 Å². The van der Waals surface area contributed by atoms with Crippen LogP contribution in [0, 0.1) is 11.7 Å². The van der Waals surface area contributed by atoms with E-state index < -0.39 is 61.2 Å². The highest BCUT2D eigenvalue weighted by Gasteiger charge is 2.50. The van der Waals surface area contributed by atoms with Gasteiger partial charge in [0.05, 0.1) is 18.2 Å². The first kappa shape index (κ1) is 35.8. The third-order valence-corrected chi connectivity index (χ3v) is 9.14. The average Bonchev–Trinajstić information content (AvgIpc) is 2.98. The zero-order chi connectivity index (χ0) is 34.6. The second kappa shape index (κ2) is 14.4. The number of aryl methyl sites for hydroxylation is 1. The molecule has 0 aliphatic carbocycles. The molecule has 0 radical (unpaired) electrons. The Bertz CT molecular complexity index is 1780. The molecule has 1 fully saturated rings. The van der Waals surface area contributed by atoms with Crippen LogP contribution < -0.4 is 13.8 Å². The minimum absolute atomic E-state index is 0.192. The molecule has 3 atom stereocenters. The predicted molar refractivity (Wildman–Crippen MR) is 164 cm³/mol. The summed E-state index contributed by atoms with van der Waals surface area (Å²) in [6, 6.07) is 16.6. The Balaban J connectivity index is 1.57. The van der Waals surface area contributed by atoms with Crippen LogP contribution >= 0.6 is 0 Å². The minimum atomic E-state index is -5.89. The average molecular weight is 701 g/mol. The second-order valence-electron chi connectivity index (χ2n) is 11.0. The first-order valence-electron chi connectivity index (χ1n) is 14.4. The van der Waals surface area contributed by atoms with Crippen LogP contribution in [0.4, 0.5) is 23.2 Å². The maximum absolute atomic E-state index is 13.6. The summed E-state index contributed by atoms with van der Waals surface area (Å²) in [6.45, 7) is 1.48. The number of benzene rings is 3. The standard InChI is InChI=1S/C31H32F4N2O8S2/c1-20(38)44-28(22-7-11-24(32)12-8-22)18-17-27-29(23-9-15-26(16-10-23)45-47(42,43)31(33,34)35)37(30(27)39)25-13-5-21(6-14-25)4-3-19-36-46(2,40)41/h5-16,27-29,36H,3-4,17-19H2,1-2H3/t27-,28+,29-/m1/s1. The normalized spacial score (nSPS) is 17.6. The van der Waals surface area contributed by atoms with Crippen molar-refractivity contribution >= 4 is 37.7 Å². The number of alkyl halides is 3. The summed E-state index contributed by atoms with van der Waals surface area (Å²) in [7, 11) is -9.20. The van der Waals surface area contributed by atoms with E-state index in [2.05, 4.69) is 8.91 Å². The van der Waals surface area contributed by atoms with Crippen LogP contribution in [0.2, 0.25) is 0 Å². The number of hydrogen-bond donors (Lipinski definition) is 1. The van der Waals surface area contributed by atoms with E-state index in [1.807, 2.05) is 0 Å². The lowest BCUT2D eigenvalue weighted by molar-refractivity contribution is -0.147. The van der Waals surface area contributed by atoms with Gasteiger partial charge in [0.25, 0.3) is 0 Å². The van der Waals surface area contributed by atoms with Gasteiger partial charge in [0.2, 0.25) is 15.9 Å². The minimum Gasteiger partial charge on any atom is -0.458 e. The summed E-state index contributed by atoms with van der Waals surface area (Å²) in [4.78, 5) is 26.9. The molecule has 1 heterocycles. The highest BCUT2D eigenvalue weighted by atomic mass is 32.2. The van der Waals surface area contributed by atoms with Crippen molar-refractivity contribution < 1.29 is 52.9 Å². The van der Waals surface area contributed by atoms with Crippen LogP contribution in [0.15, 0.2) is 72.8 Å². The molecule has 3 aromatic rings. The summed E-state index contributed by atoms with van der Waals surface area (Å²) in [6.07, 6.45) is 1.79. The molecular weight excluding hydrogens is 668 g/mol. The molecule has 1 aliphatic heterocycles. The zero-order valence-corrected chi connectivity index (χ0v) is 26.9. The Labute approximate surface area is 269 Å². The van der Waals surface area contributed by atoms with Gasteiger partial charge in [0, 0.05) is 19.2 Å². The number of hydrogen-bond acceptors (Lipinski definition) is 8. The number of β-lactam (4-membered cyclic amide) rings is 1. The van der Waals surface area contributed by atoms with Gasteiger partial charge in [0.1, 0.15) is 17.7 Å². The second-order valence-corrected chi connectivity index (χ2v) is 14.3. The molecule has 0 unspecified atom stereocenters. The Hall–Kier alpha value is -4.02. The number of carbonyl (C=O) groups excluding carboxylic acids is 2. The molecule has 0 spiro atoms. The van der Waals surface area contributed by atoms with E-state index >= 15 is 0 Å². The van der Waals surface area contributed by atoms with Gasteiger partial charge >= 0.3 is 21.6 Å². The lowest BCUT2D eigenvalue weighted by Gasteiger charge is -2.48. The fourth-order valence-electron chi connectivity index (χ4n) is 5.27. The number of ether oxygens (including phenoxy) is 1. The van der Waals surface area contributed by atoms with E-state index in [0.29, 0.717) is 29.7 Å². The SMILES string of the molecule is CC(=O)O[C@@H](CC[C@H]1C(=O)N(c2ccc(CCCNS(C)(=O)=O)cc2)[C@@H]1c1ccc(OS(=O)(=O)C(F)(F)F)cc1)c1ccc(F)cc1. The number of nitrogens with zero attached hydrogens (tertiary/aromatic N) is 1. The van der Waals surface area contributed by atoms with Gasteiger partial charge in [-0.3, -0.25) is 9.59 Å². The van der Waals surface area contributed by atoms with Gasteiger partial charge in [0.15, 0.2) is 0 Å². The van der Waals surface area contributed by atoms with Crippen LogP contribution in [0.3, 0.4) is 0 Å². The maximum atomic E-state index is 13.6. The predicted octanol–water partition coefficient (Wildman–Crippen LogP) is 5.32. The number of halogens is 4. The topological polar surface area (TPSA) is 136 Å². The molecule has 1 saturated heterocycles. The molecule has 1 aliphatic rings. The molecular formula is C31H32F4N2O8S2. The van der Waals surface area contributed by atoms with Crippen molar-refractivity contribution in [2.45, 2.75) is 50.3 Å². The molecule has 10 nitrogen and oxygen atoms in total. The van der Waals surface area contributed by atoms with Crippen molar-refractivity contribution in [3.63, 3.8) is 0 Å². The quantitative estimate of drug-likeness (QED) is 0.0596. The molecule has 16 heteroatoms. The van der Waals surface area contributed by atoms with Crippen LogP contribution in [-0.2, 0) is 40.9 Å².